The third-order valence-corrected chi connectivity index (χ3v) is 3.55. The van der Waals surface area contributed by atoms with Crippen LogP contribution in [0.1, 0.15) is 42.5 Å². The summed E-state index contributed by atoms with van der Waals surface area (Å²) in [5.74, 6) is 0.356. The van der Waals surface area contributed by atoms with E-state index in [4.69, 9.17) is 5.73 Å². The van der Waals surface area contributed by atoms with Crippen molar-refractivity contribution in [2.24, 2.45) is 5.73 Å². The third kappa shape index (κ3) is 4.17. The highest BCUT2D eigenvalue weighted by Crippen LogP contribution is 2.15. The molecular formula is C18H22N2O. The SMILES string of the molecule is CC(C)c1ccc(CNC(=O)[C@H](N)c2ccccc2)cc1. The van der Waals surface area contributed by atoms with Crippen molar-refractivity contribution in [2.75, 3.05) is 0 Å². The lowest BCUT2D eigenvalue weighted by molar-refractivity contribution is -0.122. The van der Waals surface area contributed by atoms with Crippen molar-refractivity contribution in [3.63, 3.8) is 0 Å². The average molecular weight is 282 g/mol. The standard InChI is InChI=1S/C18H22N2O/c1-13(2)15-10-8-14(9-11-15)12-20-18(21)17(19)16-6-4-3-5-7-16/h3-11,13,17H,12,19H2,1-2H3,(H,20,21)/t17-/m1/s1. The minimum absolute atomic E-state index is 0.158. The van der Waals surface area contributed by atoms with Crippen molar-refractivity contribution < 1.29 is 4.79 Å². The molecule has 1 amide bonds. The number of nitrogens with two attached hydrogens (primary N) is 1. The lowest BCUT2D eigenvalue weighted by atomic mass is 10.0. The Morgan fingerprint density at radius 3 is 2.19 bits per heavy atom. The van der Waals surface area contributed by atoms with Gasteiger partial charge in [-0.1, -0.05) is 68.4 Å². The smallest absolute Gasteiger partial charge is 0.241 e. The van der Waals surface area contributed by atoms with E-state index in [0.29, 0.717) is 12.5 Å². The van der Waals surface area contributed by atoms with Gasteiger partial charge in [-0.3, -0.25) is 4.79 Å². The summed E-state index contributed by atoms with van der Waals surface area (Å²) < 4.78 is 0. The van der Waals surface area contributed by atoms with Crippen molar-refractivity contribution in [3.8, 4) is 0 Å². The number of hydrogen-bond acceptors (Lipinski definition) is 2. The Hall–Kier alpha value is -2.13. The number of hydrogen-bond donors (Lipinski definition) is 2. The molecule has 0 spiro atoms. The van der Waals surface area contributed by atoms with Crippen LogP contribution in [0.4, 0.5) is 0 Å². The van der Waals surface area contributed by atoms with Crippen LogP contribution < -0.4 is 11.1 Å². The largest absolute Gasteiger partial charge is 0.350 e. The maximum atomic E-state index is 12.1. The molecule has 0 aliphatic heterocycles. The molecule has 1 atom stereocenters. The highest BCUT2D eigenvalue weighted by atomic mass is 16.2. The Morgan fingerprint density at radius 2 is 1.62 bits per heavy atom. The molecule has 2 aromatic rings. The van der Waals surface area contributed by atoms with Crippen LogP contribution in [0.15, 0.2) is 54.6 Å². The first-order valence-electron chi connectivity index (χ1n) is 7.25. The molecule has 3 nitrogen and oxygen atoms in total. The molecule has 0 aliphatic rings. The molecular weight excluding hydrogens is 260 g/mol. The molecule has 3 heteroatoms. The Bertz CT molecular complexity index is 576. The highest BCUT2D eigenvalue weighted by Gasteiger charge is 2.14. The maximum Gasteiger partial charge on any atom is 0.241 e. The van der Waals surface area contributed by atoms with E-state index in [1.165, 1.54) is 5.56 Å². The minimum atomic E-state index is -0.624. The van der Waals surface area contributed by atoms with E-state index in [9.17, 15) is 4.79 Å². The quantitative estimate of drug-likeness (QED) is 0.885. The molecule has 21 heavy (non-hydrogen) atoms. The molecule has 0 heterocycles. The zero-order valence-corrected chi connectivity index (χ0v) is 12.5. The van der Waals surface area contributed by atoms with Crippen molar-refractivity contribution in [3.05, 3.63) is 71.3 Å². The molecule has 0 aliphatic carbocycles. The van der Waals surface area contributed by atoms with Crippen molar-refractivity contribution in [1.82, 2.24) is 5.32 Å². The predicted molar refractivity (Wildman–Crippen MR) is 85.7 cm³/mol. The number of nitrogens with one attached hydrogen (secondary N) is 1. The Kier molecular flexibility index (Phi) is 5.12. The summed E-state index contributed by atoms with van der Waals surface area (Å²) in [5, 5.41) is 2.88. The summed E-state index contributed by atoms with van der Waals surface area (Å²) in [6, 6.07) is 17.1. The molecule has 110 valence electrons. The lowest BCUT2D eigenvalue weighted by Crippen LogP contribution is -2.33. The van der Waals surface area contributed by atoms with E-state index >= 15 is 0 Å². The average Bonchev–Trinajstić information content (AvgIpc) is 2.53. The number of benzene rings is 2. The summed E-state index contributed by atoms with van der Waals surface area (Å²) in [6.45, 7) is 4.82. The van der Waals surface area contributed by atoms with Crippen LogP contribution in [0, 0.1) is 0 Å². The van der Waals surface area contributed by atoms with Gasteiger partial charge in [0.2, 0.25) is 5.91 Å². The van der Waals surface area contributed by atoms with Gasteiger partial charge in [-0.2, -0.15) is 0 Å². The van der Waals surface area contributed by atoms with Crippen molar-refractivity contribution in [1.29, 1.82) is 0 Å². The van der Waals surface area contributed by atoms with E-state index in [1.54, 1.807) is 0 Å². The fourth-order valence-corrected chi connectivity index (χ4v) is 2.13. The molecule has 0 bridgehead atoms. The zero-order chi connectivity index (χ0) is 15.2. The van der Waals surface area contributed by atoms with Crippen LogP contribution in [0.5, 0.6) is 0 Å². The van der Waals surface area contributed by atoms with Gasteiger partial charge in [-0.25, -0.2) is 0 Å². The first-order chi connectivity index (χ1) is 10.1. The zero-order valence-electron chi connectivity index (χ0n) is 12.5. The Morgan fingerprint density at radius 1 is 1.00 bits per heavy atom. The first kappa shape index (κ1) is 15.3. The molecule has 0 saturated carbocycles. The summed E-state index contributed by atoms with van der Waals surface area (Å²) >= 11 is 0. The molecule has 0 radical (unpaired) electrons. The summed E-state index contributed by atoms with van der Waals surface area (Å²) in [4.78, 5) is 12.1. The van der Waals surface area contributed by atoms with Crippen LogP contribution >= 0.6 is 0 Å². The summed E-state index contributed by atoms with van der Waals surface area (Å²) in [7, 11) is 0. The Labute approximate surface area is 126 Å². The topological polar surface area (TPSA) is 55.1 Å². The van der Waals surface area contributed by atoms with Crippen LogP contribution in [-0.4, -0.2) is 5.91 Å². The molecule has 3 N–H and O–H groups in total. The Balaban J connectivity index is 1.92. The molecule has 0 unspecified atom stereocenters. The maximum absolute atomic E-state index is 12.1. The normalized spacial score (nSPS) is 12.2. The van der Waals surface area contributed by atoms with Crippen LogP contribution in [0.25, 0.3) is 0 Å². The molecule has 2 aromatic carbocycles. The number of rotatable bonds is 5. The highest BCUT2D eigenvalue weighted by molar-refractivity contribution is 5.82. The van der Waals surface area contributed by atoms with Crippen LogP contribution in [0.2, 0.25) is 0 Å². The fraction of sp³-hybridized carbons (Fsp3) is 0.278. The van der Waals surface area contributed by atoms with Gasteiger partial charge in [-0.05, 0) is 22.6 Å². The second-order valence-corrected chi connectivity index (χ2v) is 5.50. The third-order valence-electron chi connectivity index (χ3n) is 3.55. The number of amides is 1. The monoisotopic (exact) mass is 282 g/mol. The second kappa shape index (κ2) is 7.04. The summed E-state index contributed by atoms with van der Waals surface area (Å²) in [6.07, 6.45) is 0. The number of carbonyl (C=O) groups is 1. The van der Waals surface area contributed by atoms with E-state index in [0.717, 1.165) is 11.1 Å². The predicted octanol–water partition coefficient (Wildman–Crippen LogP) is 3.13. The first-order valence-corrected chi connectivity index (χ1v) is 7.25. The molecule has 0 fully saturated rings. The lowest BCUT2D eigenvalue weighted by Gasteiger charge is -2.13. The van der Waals surface area contributed by atoms with Gasteiger partial charge in [0.25, 0.3) is 0 Å². The minimum Gasteiger partial charge on any atom is -0.350 e. The van der Waals surface area contributed by atoms with E-state index in [-0.39, 0.29) is 5.91 Å². The van der Waals surface area contributed by atoms with Gasteiger partial charge < -0.3 is 11.1 Å². The van der Waals surface area contributed by atoms with Gasteiger partial charge in [-0.15, -0.1) is 0 Å². The van der Waals surface area contributed by atoms with Crippen LogP contribution in [0.3, 0.4) is 0 Å². The van der Waals surface area contributed by atoms with Gasteiger partial charge in [0.1, 0.15) is 6.04 Å². The van der Waals surface area contributed by atoms with Crippen molar-refractivity contribution >= 4 is 5.91 Å². The van der Waals surface area contributed by atoms with Gasteiger partial charge in [0.15, 0.2) is 0 Å². The van der Waals surface area contributed by atoms with E-state index in [2.05, 4.69) is 31.3 Å². The van der Waals surface area contributed by atoms with Gasteiger partial charge in [0, 0.05) is 6.54 Å². The second-order valence-electron chi connectivity index (χ2n) is 5.50. The van der Waals surface area contributed by atoms with E-state index < -0.39 is 6.04 Å². The van der Waals surface area contributed by atoms with Gasteiger partial charge >= 0.3 is 0 Å². The molecule has 0 aromatic heterocycles. The fourth-order valence-electron chi connectivity index (χ4n) is 2.13. The summed E-state index contributed by atoms with van der Waals surface area (Å²) in [5.41, 5.74) is 9.15. The molecule has 2 rings (SSSR count). The van der Waals surface area contributed by atoms with Gasteiger partial charge in [0.05, 0.1) is 0 Å². The molecule has 0 saturated heterocycles. The number of carbonyl (C=O) groups excluding carboxylic acids is 1. The van der Waals surface area contributed by atoms with E-state index in [1.807, 2.05) is 42.5 Å². The van der Waals surface area contributed by atoms with Crippen molar-refractivity contribution in [2.45, 2.75) is 32.4 Å². The van der Waals surface area contributed by atoms with Crippen LogP contribution in [-0.2, 0) is 11.3 Å².